The predicted octanol–water partition coefficient (Wildman–Crippen LogP) is 2.24. The van der Waals surface area contributed by atoms with Crippen LogP contribution in [0.4, 0.5) is 10.1 Å². The van der Waals surface area contributed by atoms with Crippen molar-refractivity contribution in [1.82, 2.24) is 0 Å². The second-order valence-corrected chi connectivity index (χ2v) is 6.61. The Morgan fingerprint density at radius 2 is 1.82 bits per heavy atom. The van der Waals surface area contributed by atoms with E-state index in [2.05, 4.69) is 0 Å². The number of hydrogen-bond donors (Lipinski definition) is 0. The normalized spacial score (nSPS) is 33.5. The fraction of sp³-hybridized carbons (Fsp3) is 0.471. The minimum Gasteiger partial charge on any atom is -0.299 e. The maximum atomic E-state index is 13.4. The molecule has 2 unspecified atom stereocenters. The Morgan fingerprint density at radius 1 is 1.09 bits per heavy atom. The first-order valence-corrected chi connectivity index (χ1v) is 7.65. The minimum absolute atomic E-state index is 0.00880. The molecule has 3 aliphatic carbocycles. The van der Waals surface area contributed by atoms with Gasteiger partial charge in [-0.2, -0.15) is 0 Å². The summed E-state index contributed by atoms with van der Waals surface area (Å²) in [7, 11) is 0. The largest absolute Gasteiger partial charge is 0.299 e. The van der Waals surface area contributed by atoms with Gasteiger partial charge in [0, 0.05) is 12.3 Å². The number of benzene rings is 1. The molecule has 22 heavy (non-hydrogen) atoms. The van der Waals surface area contributed by atoms with Crippen molar-refractivity contribution in [2.75, 3.05) is 4.90 Å². The fourth-order valence-electron chi connectivity index (χ4n) is 4.41. The van der Waals surface area contributed by atoms with Crippen LogP contribution in [0.1, 0.15) is 24.8 Å². The van der Waals surface area contributed by atoms with Gasteiger partial charge in [-0.05, 0) is 49.4 Å². The van der Waals surface area contributed by atoms with Crippen LogP contribution in [0.25, 0.3) is 0 Å². The maximum Gasteiger partial charge on any atom is 0.238 e. The van der Waals surface area contributed by atoms with Crippen LogP contribution in [0.15, 0.2) is 18.2 Å². The summed E-state index contributed by atoms with van der Waals surface area (Å²) < 4.78 is 13.4. The van der Waals surface area contributed by atoms with Gasteiger partial charge in [0.1, 0.15) is 11.6 Å². The number of anilines is 1. The molecule has 4 atom stereocenters. The zero-order chi connectivity index (χ0) is 15.6. The highest BCUT2D eigenvalue weighted by Crippen LogP contribution is 2.52. The van der Waals surface area contributed by atoms with E-state index in [0.717, 1.165) is 6.42 Å². The Morgan fingerprint density at radius 3 is 2.50 bits per heavy atom. The number of rotatable bonds is 1. The van der Waals surface area contributed by atoms with Crippen molar-refractivity contribution in [2.45, 2.75) is 26.2 Å². The lowest BCUT2D eigenvalue weighted by atomic mass is 9.59. The van der Waals surface area contributed by atoms with Crippen molar-refractivity contribution in [3.8, 4) is 0 Å². The van der Waals surface area contributed by atoms with E-state index in [0.29, 0.717) is 24.1 Å². The maximum absolute atomic E-state index is 13.4. The molecule has 0 radical (unpaired) electrons. The van der Waals surface area contributed by atoms with Crippen molar-refractivity contribution >= 4 is 23.3 Å². The van der Waals surface area contributed by atoms with Gasteiger partial charge in [-0.15, -0.1) is 0 Å². The first-order chi connectivity index (χ1) is 10.5. The molecule has 1 aromatic rings. The van der Waals surface area contributed by atoms with Crippen molar-refractivity contribution in [1.29, 1.82) is 0 Å². The molecule has 5 rings (SSSR count). The van der Waals surface area contributed by atoms with Gasteiger partial charge in [0.2, 0.25) is 11.8 Å². The smallest absolute Gasteiger partial charge is 0.238 e. The van der Waals surface area contributed by atoms with E-state index in [1.807, 2.05) is 0 Å². The van der Waals surface area contributed by atoms with Crippen molar-refractivity contribution in [3.05, 3.63) is 29.6 Å². The van der Waals surface area contributed by atoms with E-state index < -0.39 is 5.92 Å². The summed E-state index contributed by atoms with van der Waals surface area (Å²) in [6.45, 7) is 1.60. The van der Waals surface area contributed by atoms with Crippen LogP contribution in [0, 0.1) is 36.4 Å². The van der Waals surface area contributed by atoms with Gasteiger partial charge in [-0.1, -0.05) is 0 Å². The standard InChI is InChI=1S/C17H16FNO3/c1-8-6-10(3-5-12(8)18)19-16(21)14-9-2-4-11(13(20)7-9)15(14)17(19)22/h3,5-6,9,11,14-15H,2,4,7H2,1H3/t9-,11+,14?,15?/m1/s1. The molecule has 1 aliphatic heterocycles. The van der Waals surface area contributed by atoms with Crippen LogP contribution < -0.4 is 4.90 Å². The number of imide groups is 1. The molecule has 0 N–H and O–H groups in total. The highest BCUT2D eigenvalue weighted by Gasteiger charge is 2.60. The second-order valence-electron chi connectivity index (χ2n) is 6.61. The van der Waals surface area contributed by atoms with Gasteiger partial charge in [0.25, 0.3) is 0 Å². The fourth-order valence-corrected chi connectivity index (χ4v) is 4.41. The molecule has 1 saturated heterocycles. The lowest BCUT2D eigenvalue weighted by Crippen LogP contribution is -2.46. The van der Waals surface area contributed by atoms with Gasteiger partial charge in [-0.25, -0.2) is 4.39 Å². The van der Waals surface area contributed by atoms with Crippen molar-refractivity contribution in [2.24, 2.45) is 23.7 Å². The third kappa shape index (κ3) is 1.65. The monoisotopic (exact) mass is 301 g/mol. The van der Waals surface area contributed by atoms with Gasteiger partial charge >= 0.3 is 0 Å². The summed E-state index contributed by atoms with van der Waals surface area (Å²) in [5, 5.41) is 0. The number of carbonyl (C=O) groups is 3. The van der Waals surface area contributed by atoms with Gasteiger partial charge in [0.15, 0.2) is 0 Å². The first kappa shape index (κ1) is 13.6. The van der Waals surface area contributed by atoms with Gasteiger partial charge in [0.05, 0.1) is 17.5 Å². The lowest BCUT2D eigenvalue weighted by molar-refractivity contribution is -0.143. The SMILES string of the molecule is Cc1cc(N2C(=O)C3C(C2=O)[C@H]2CC[C@@H]3CC2=O)ccc1F. The molecule has 0 aromatic heterocycles. The third-order valence-corrected chi connectivity index (χ3v) is 5.46. The van der Waals surface area contributed by atoms with Crippen LogP contribution in [-0.4, -0.2) is 17.6 Å². The first-order valence-electron chi connectivity index (χ1n) is 7.65. The Kier molecular flexibility index (Phi) is 2.77. The highest BCUT2D eigenvalue weighted by atomic mass is 19.1. The molecule has 5 heteroatoms. The Hall–Kier alpha value is -2.04. The number of halogens is 1. The number of ketones is 1. The van der Waals surface area contributed by atoms with Crippen LogP contribution in [-0.2, 0) is 14.4 Å². The molecule has 0 spiro atoms. The molecule has 2 bridgehead atoms. The molecule has 3 saturated carbocycles. The van der Waals surface area contributed by atoms with Crippen LogP contribution in [0.3, 0.4) is 0 Å². The molecule has 2 amide bonds. The second kappa shape index (κ2) is 4.48. The Labute approximate surface area is 127 Å². The molecular formula is C17H16FNO3. The lowest BCUT2D eigenvalue weighted by Gasteiger charge is -2.41. The number of nitrogens with zero attached hydrogens (tertiary/aromatic N) is 1. The number of carbonyl (C=O) groups excluding carboxylic acids is 3. The van der Waals surface area contributed by atoms with E-state index in [1.54, 1.807) is 6.92 Å². The van der Waals surface area contributed by atoms with Gasteiger partial charge < -0.3 is 0 Å². The summed E-state index contributed by atoms with van der Waals surface area (Å²) >= 11 is 0. The van der Waals surface area contributed by atoms with E-state index in [9.17, 15) is 18.8 Å². The quantitative estimate of drug-likeness (QED) is 0.748. The molecule has 4 fully saturated rings. The molecule has 114 valence electrons. The van der Waals surface area contributed by atoms with Crippen molar-refractivity contribution in [3.63, 3.8) is 0 Å². The number of aryl methyl sites for hydroxylation is 1. The van der Waals surface area contributed by atoms with Crippen LogP contribution in [0.5, 0.6) is 0 Å². The third-order valence-electron chi connectivity index (χ3n) is 5.46. The predicted molar refractivity (Wildman–Crippen MR) is 76.4 cm³/mol. The van der Waals surface area contributed by atoms with Crippen LogP contribution in [0.2, 0.25) is 0 Å². The van der Waals surface area contributed by atoms with Crippen LogP contribution >= 0.6 is 0 Å². The van der Waals surface area contributed by atoms with E-state index in [4.69, 9.17) is 0 Å². The topological polar surface area (TPSA) is 54.5 Å². The zero-order valence-corrected chi connectivity index (χ0v) is 12.2. The average molecular weight is 301 g/mol. The molecule has 4 nitrogen and oxygen atoms in total. The molecule has 1 heterocycles. The average Bonchev–Trinajstić information content (AvgIpc) is 2.76. The summed E-state index contributed by atoms with van der Waals surface area (Å²) in [5.41, 5.74) is 0.808. The van der Waals surface area contributed by atoms with E-state index in [-0.39, 0.29) is 41.2 Å². The van der Waals surface area contributed by atoms with Gasteiger partial charge in [-0.3, -0.25) is 19.3 Å². The number of hydrogen-bond acceptors (Lipinski definition) is 3. The van der Waals surface area contributed by atoms with E-state index in [1.165, 1.54) is 23.1 Å². The molecular weight excluding hydrogens is 285 g/mol. The highest BCUT2D eigenvalue weighted by molar-refractivity contribution is 6.23. The minimum atomic E-state index is -0.502. The molecule has 1 aromatic carbocycles. The number of Topliss-reactive ketones (excluding diaryl/α,β-unsaturated/α-hetero) is 1. The van der Waals surface area contributed by atoms with Crippen molar-refractivity contribution < 1.29 is 18.8 Å². The van der Waals surface area contributed by atoms with E-state index >= 15 is 0 Å². The summed E-state index contributed by atoms with van der Waals surface area (Å²) in [6.07, 6.45) is 1.97. The number of fused-ring (bicyclic) bond motifs is 2. The summed E-state index contributed by atoms with van der Waals surface area (Å²) in [5.74, 6) is -1.94. The zero-order valence-electron chi connectivity index (χ0n) is 12.2. The Bertz CT molecular complexity index is 714. The summed E-state index contributed by atoms with van der Waals surface area (Å²) in [6, 6.07) is 4.25. The molecule has 4 aliphatic rings. The summed E-state index contributed by atoms with van der Waals surface area (Å²) in [4.78, 5) is 38.7. The number of amides is 2. The Balaban J connectivity index is 1.77.